The van der Waals surface area contributed by atoms with E-state index in [4.69, 9.17) is 0 Å². The molecule has 4 unspecified atom stereocenters. The zero-order valence-electron chi connectivity index (χ0n) is 17.0. The molecule has 30 heavy (non-hydrogen) atoms. The van der Waals surface area contributed by atoms with Crippen LogP contribution in [-0.4, -0.2) is 55.1 Å². The second-order valence-electron chi connectivity index (χ2n) is 7.91. The van der Waals surface area contributed by atoms with Crippen LogP contribution in [0.3, 0.4) is 0 Å². The average Bonchev–Trinajstić information content (AvgIpc) is 3.43. The van der Waals surface area contributed by atoms with E-state index >= 15 is 0 Å². The summed E-state index contributed by atoms with van der Waals surface area (Å²) < 4.78 is 12.9. The number of likely N-dealkylation sites (tertiary alicyclic amines) is 1. The fraction of sp³-hybridized carbons (Fsp3) is 0.500. The van der Waals surface area contributed by atoms with E-state index in [2.05, 4.69) is 27.8 Å². The van der Waals surface area contributed by atoms with E-state index in [1.807, 2.05) is 0 Å². The molecule has 4 rings (SSSR count). The van der Waals surface area contributed by atoms with Crippen molar-refractivity contribution in [3.05, 3.63) is 42.2 Å². The number of hydrogen-bond donors (Lipinski definition) is 2. The second kappa shape index (κ2) is 9.20. The molecule has 2 amide bonds. The number of nitrogens with one attached hydrogen (secondary N) is 2. The van der Waals surface area contributed by atoms with Gasteiger partial charge in [-0.25, -0.2) is 4.39 Å². The van der Waals surface area contributed by atoms with Crippen LogP contribution in [0.4, 0.5) is 4.39 Å². The predicted octanol–water partition coefficient (Wildman–Crippen LogP) is 2.28. The summed E-state index contributed by atoms with van der Waals surface area (Å²) in [4.78, 5) is 32.0. The first-order valence-electron chi connectivity index (χ1n) is 10.4. The zero-order valence-corrected chi connectivity index (χ0v) is 17.8. The minimum Gasteiger partial charge on any atom is -0.356 e. The smallest absolute Gasteiger partial charge is 0.233 e. The maximum atomic E-state index is 12.9. The maximum Gasteiger partial charge on any atom is 0.233 e. The summed E-state index contributed by atoms with van der Waals surface area (Å²) in [5.74, 6) is 1.54. The number of carbonyl (C=O) groups excluding carboxylic acids is 2. The van der Waals surface area contributed by atoms with Crippen LogP contribution < -0.4 is 10.6 Å². The van der Waals surface area contributed by atoms with E-state index in [9.17, 15) is 14.0 Å². The molecule has 0 radical (unpaired) electrons. The van der Waals surface area contributed by atoms with Crippen LogP contribution in [0, 0.1) is 29.5 Å². The Morgan fingerprint density at radius 2 is 1.73 bits per heavy atom. The van der Waals surface area contributed by atoms with E-state index in [0.717, 1.165) is 30.0 Å². The summed E-state index contributed by atoms with van der Waals surface area (Å²) in [5, 5.41) is 6.43. The van der Waals surface area contributed by atoms with Gasteiger partial charge in [0.1, 0.15) is 5.82 Å². The van der Waals surface area contributed by atoms with Gasteiger partial charge < -0.3 is 10.6 Å². The standard InChI is InChI=1S/C22H27FN4O2S/c1-24-22(25-9-2-12-30-17-7-5-16(23)6-8-17)26-10-11-27-20(28)18-14-3-4-15(13-14)19(18)21(27)29/h3-8,14-15,18-19H,2,9-13H2,1H3,(H2,24,25,26). The van der Waals surface area contributed by atoms with E-state index in [1.54, 1.807) is 30.9 Å². The number of rotatable bonds is 8. The number of halogens is 1. The minimum absolute atomic E-state index is 0.00980. The van der Waals surface area contributed by atoms with Crippen molar-refractivity contribution >= 4 is 29.5 Å². The Bertz CT molecular complexity index is 827. The summed E-state index contributed by atoms with van der Waals surface area (Å²) in [6, 6.07) is 6.50. The van der Waals surface area contributed by atoms with E-state index in [-0.39, 0.29) is 41.3 Å². The molecule has 2 N–H and O–H groups in total. The first kappa shape index (κ1) is 20.9. The van der Waals surface area contributed by atoms with Gasteiger partial charge in [-0.1, -0.05) is 12.2 Å². The van der Waals surface area contributed by atoms with Crippen LogP contribution in [-0.2, 0) is 9.59 Å². The Balaban J connectivity index is 1.14. The molecule has 6 nitrogen and oxygen atoms in total. The lowest BCUT2D eigenvalue weighted by Crippen LogP contribution is -2.44. The van der Waals surface area contributed by atoms with Crippen molar-refractivity contribution in [3.8, 4) is 0 Å². The molecule has 1 saturated carbocycles. The largest absolute Gasteiger partial charge is 0.356 e. The number of thioether (sulfide) groups is 1. The number of fused-ring (bicyclic) bond motifs is 5. The average molecular weight is 431 g/mol. The number of carbonyl (C=O) groups is 2. The molecule has 2 aliphatic carbocycles. The van der Waals surface area contributed by atoms with Crippen molar-refractivity contribution in [1.29, 1.82) is 0 Å². The minimum atomic E-state index is -0.222. The number of nitrogens with zero attached hydrogens (tertiary/aromatic N) is 2. The Morgan fingerprint density at radius 1 is 1.10 bits per heavy atom. The van der Waals surface area contributed by atoms with Crippen LogP contribution in [0.25, 0.3) is 0 Å². The zero-order chi connectivity index (χ0) is 21.1. The monoisotopic (exact) mass is 430 g/mol. The molecule has 160 valence electrons. The molecule has 3 aliphatic rings. The van der Waals surface area contributed by atoms with Gasteiger partial charge in [0.25, 0.3) is 0 Å². The van der Waals surface area contributed by atoms with Gasteiger partial charge in [0.05, 0.1) is 11.8 Å². The molecule has 8 heteroatoms. The molecule has 1 aliphatic heterocycles. The number of hydrogen-bond acceptors (Lipinski definition) is 4. The van der Waals surface area contributed by atoms with Gasteiger partial charge in [-0.05, 0) is 54.7 Å². The first-order chi connectivity index (χ1) is 14.6. The molecule has 2 fully saturated rings. The van der Waals surface area contributed by atoms with Crippen LogP contribution in [0.2, 0.25) is 0 Å². The van der Waals surface area contributed by atoms with Crippen LogP contribution in [0.5, 0.6) is 0 Å². The molecule has 0 aromatic heterocycles. The third kappa shape index (κ3) is 4.24. The molecular weight excluding hydrogens is 403 g/mol. The van der Waals surface area contributed by atoms with Crippen molar-refractivity contribution in [2.45, 2.75) is 17.7 Å². The maximum absolute atomic E-state index is 12.9. The molecule has 1 aromatic carbocycles. The van der Waals surface area contributed by atoms with Crippen molar-refractivity contribution < 1.29 is 14.0 Å². The summed E-state index contributed by atoms with van der Waals surface area (Å²) in [6.45, 7) is 1.59. The number of guanidine groups is 1. The topological polar surface area (TPSA) is 73.8 Å². The van der Waals surface area contributed by atoms with Gasteiger partial charge >= 0.3 is 0 Å². The third-order valence-electron chi connectivity index (χ3n) is 6.11. The van der Waals surface area contributed by atoms with Crippen molar-refractivity contribution in [2.75, 3.05) is 32.4 Å². The number of amides is 2. The fourth-order valence-corrected chi connectivity index (χ4v) is 5.54. The van der Waals surface area contributed by atoms with Crippen LogP contribution in [0.15, 0.2) is 46.3 Å². The highest BCUT2D eigenvalue weighted by molar-refractivity contribution is 7.99. The molecule has 4 atom stereocenters. The normalized spacial score (nSPS) is 27.1. The van der Waals surface area contributed by atoms with E-state index in [0.29, 0.717) is 19.0 Å². The van der Waals surface area contributed by atoms with Crippen LogP contribution in [0.1, 0.15) is 12.8 Å². The molecule has 1 aromatic rings. The number of benzene rings is 1. The molecular formula is C22H27FN4O2S. The van der Waals surface area contributed by atoms with Gasteiger partial charge in [-0.15, -0.1) is 11.8 Å². The van der Waals surface area contributed by atoms with Gasteiger partial charge in [0.2, 0.25) is 11.8 Å². The number of allylic oxidation sites excluding steroid dienone is 2. The molecule has 2 bridgehead atoms. The second-order valence-corrected chi connectivity index (χ2v) is 9.08. The third-order valence-corrected chi connectivity index (χ3v) is 7.21. The van der Waals surface area contributed by atoms with Crippen LogP contribution >= 0.6 is 11.8 Å². The quantitative estimate of drug-likeness (QED) is 0.165. The van der Waals surface area contributed by atoms with Gasteiger partial charge in [0.15, 0.2) is 5.96 Å². The summed E-state index contributed by atoms with van der Waals surface area (Å²) in [6.07, 6.45) is 6.09. The van der Waals surface area contributed by atoms with Gasteiger partial charge in [-0.2, -0.15) is 0 Å². The Hall–Kier alpha value is -2.35. The lowest BCUT2D eigenvalue weighted by molar-refractivity contribution is -0.140. The molecule has 1 heterocycles. The van der Waals surface area contributed by atoms with Gasteiger partial charge in [0, 0.05) is 31.6 Å². The Morgan fingerprint density at radius 3 is 2.37 bits per heavy atom. The molecule has 0 spiro atoms. The predicted molar refractivity (Wildman–Crippen MR) is 116 cm³/mol. The Labute approximate surface area is 180 Å². The highest BCUT2D eigenvalue weighted by Gasteiger charge is 2.58. The number of aliphatic imine (C=N–C) groups is 1. The van der Waals surface area contributed by atoms with Gasteiger partial charge in [-0.3, -0.25) is 19.5 Å². The first-order valence-corrected chi connectivity index (χ1v) is 11.4. The lowest BCUT2D eigenvalue weighted by Gasteiger charge is -2.18. The SMILES string of the molecule is CN=C(NCCCSc1ccc(F)cc1)NCCN1C(=O)C2C3C=CC(C3)C2C1=O. The summed E-state index contributed by atoms with van der Waals surface area (Å²) in [5.41, 5.74) is 0. The van der Waals surface area contributed by atoms with E-state index < -0.39 is 0 Å². The summed E-state index contributed by atoms with van der Waals surface area (Å²) >= 11 is 1.68. The summed E-state index contributed by atoms with van der Waals surface area (Å²) in [7, 11) is 1.70. The lowest BCUT2D eigenvalue weighted by atomic mass is 9.85. The van der Waals surface area contributed by atoms with Crippen molar-refractivity contribution in [3.63, 3.8) is 0 Å². The Kier molecular flexibility index (Phi) is 6.41. The fourth-order valence-electron chi connectivity index (χ4n) is 4.69. The highest BCUT2D eigenvalue weighted by Crippen LogP contribution is 2.52. The molecule has 1 saturated heterocycles. The highest BCUT2D eigenvalue weighted by atomic mass is 32.2. The van der Waals surface area contributed by atoms with Crippen molar-refractivity contribution in [2.24, 2.45) is 28.7 Å². The van der Waals surface area contributed by atoms with E-state index in [1.165, 1.54) is 17.0 Å². The number of imide groups is 1. The van der Waals surface area contributed by atoms with Crippen molar-refractivity contribution in [1.82, 2.24) is 15.5 Å².